The third-order valence-corrected chi connectivity index (χ3v) is 8.49. The summed E-state index contributed by atoms with van der Waals surface area (Å²) in [5.41, 5.74) is 0.764. The predicted molar refractivity (Wildman–Crippen MR) is 154 cm³/mol. The van der Waals surface area contributed by atoms with E-state index in [0.717, 1.165) is 4.68 Å². The number of ether oxygens (including phenoxy) is 3. The van der Waals surface area contributed by atoms with Gasteiger partial charge in [0.15, 0.2) is 6.10 Å². The lowest BCUT2D eigenvalue weighted by Gasteiger charge is -2.25. The molecule has 43 heavy (non-hydrogen) atoms. The predicted octanol–water partition coefficient (Wildman–Crippen LogP) is 5.88. The van der Waals surface area contributed by atoms with Gasteiger partial charge in [-0.2, -0.15) is 22.7 Å². The van der Waals surface area contributed by atoms with E-state index in [2.05, 4.69) is 31.0 Å². The Kier molecular flexibility index (Phi) is 9.06. The molecule has 0 bridgehead atoms. The number of para-hydroxylation sites is 1. The largest absolute Gasteiger partial charge is 0.487 e. The Morgan fingerprint density at radius 3 is 2.70 bits per heavy atom. The first-order valence-electron chi connectivity index (χ1n) is 12.9. The molecule has 0 N–H and O–H groups in total. The van der Waals surface area contributed by atoms with E-state index >= 15 is 0 Å². The molecule has 0 radical (unpaired) electrons. The standard InChI is InChI=1S/C27H22BBrF4N4O5S/c1-2-39-26(38)22(42-24-19-21(29)23(17-7-8-18(30)41-17)43-25(19)35-13-34-24)20(28)15-5-3-4-6-16(15)40-11-14-9-10-36-37(14)12-27(31,32)33/h3-10,13,20,22H,2,11-12,28H2,1H3/t20-,22+/m0/s1. The molecule has 1 aromatic carbocycles. The van der Waals surface area contributed by atoms with Crippen LogP contribution in [0.25, 0.3) is 20.9 Å². The van der Waals surface area contributed by atoms with Gasteiger partial charge < -0.3 is 18.6 Å². The summed E-state index contributed by atoms with van der Waals surface area (Å²) in [7, 11) is 1.73. The zero-order valence-electron chi connectivity index (χ0n) is 22.6. The molecule has 2 atom stereocenters. The summed E-state index contributed by atoms with van der Waals surface area (Å²) in [4.78, 5) is 22.8. The van der Waals surface area contributed by atoms with E-state index in [1.165, 1.54) is 42.1 Å². The second kappa shape index (κ2) is 12.8. The Morgan fingerprint density at radius 1 is 1.19 bits per heavy atom. The molecule has 0 aliphatic rings. The average Bonchev–Trinajstić information content (AvgIpc) is 3.68. The fourth-order valence-electron chi connectivity index (χ4n) is 4.36. The Bertz CT molecular complexity index is 1740. The number of furan rings is 1. The summed E-state index contributed by atoms with van der Waals surface area (Å²) in [5.74, 6) is -0.655. The molecule has 0 saturated carbocycles. The molecule has 5 rings (SSSR count). The number of rotatable bonds is 11. The second-order valence-electron chi connectivity index (χ2n) is 9.21. The highest BCUT2D eigenvalue weighted by molar-refractivity contribution is 9.10. The molecule has 5 aromatic rings. The SMILES string of the molecule is B[C@@H](c1ccccc1OCc1ccnn1CC(F)(F)F)[C@@H](Oc1ncnc2sc(-c3ccc(F)o3)c(Br)c12)C(=O)OCC. The third-order valence-electron chi connectivity index (χ3n) is 6.32. The van der Waals surface area contributed by atoms with Crippen molar-refractivity contribution in [1.82, 2.24) is 19.7 Å². The first-order valence-corrected chi connectivity index (χ1v) is 14.5. The van der Waals surface area contributed by atoms with E-state index in [-0.39, 0.29) is 30.5 Å². The summed E-state index contributed by atoms with van der Waals surface area (Å²) < 4.78 is 76.4. The summed E-state index contributed by atoms with van der Waals surface area (Å²) in [5, 5.41) is 4.19. The smallest absolute Gasteiger partial charge is 0.408 e. The minimum atomic E-state index is -4.45. The first-order chi connectivity index (χ1) is 20.6. The van der Waals surface area contributed by atoms with E-state index in [1.54, 1.807) is 39.0 Å². The number of carbonyl (C=O) groups is 1. The van der Waals surface area contributed by atoms with Gasteiger partial charge in [0.25, 0.3) is 6.01 Å². The van der Waals surface area contributed by atoms with Gasteiger partial charge in [-0.15, -0.1) is 11.3 Å². The van der Waals surface area contributed by atoms with Crippen LogP contribution in [0.5, 0.6) is 11.6 Å². The van der Waals surface area contributed by atoms with Gasteiger partial charge in [-0.05, 0) is 46.6 Å². The van der Waals surface area contributed by atoms with Gasteiger partial charge in [-0.3, -0.25) is 4.68 Å². The fraction of sp³-hybridized carbons (Fsp3) is 0.259. The lowest BCUT2D eigenvalue weighted by atomic mass is 9.76. The van der Waals surface area contributed by atoms with Crippen molar-refractivity contribution in [2.45, 2.75) is 38.2 Å². The van der Waals surface area contributed by atoms with Crippen molar-refractivity contribution >= 4 is 51.3 Å². The number of hydrogen-bond donors (Lipinski definition) is 0. The minimum absolute atomic E-state index is 0.0748. The van der Waals surface area contributed by atoms with Gasteiger partial charge >= 0.3 is 12.1 Å². The molecular weight excluding hydrogens is 659 g/mol. The number of nitrogens with zero attached hydrogens (tertiary/aromatic N) is 4. The van der Waals surface area contributed by atoms with Crippen LogP contribution in [0.4, 0.5) is 17.6 Å². The highest BCUT2D eigenvalue weighted by Gasteiger charge is 2.34. The molecule has 9 nitrogen and oxygen atoms in total. The fourth-order valence-corrected chi connectivity index (χ4v) is 6.27. The molecule has 0 aliphatic heterocycles. The van der Waals surface area contributed by atoms with Crippen LogP contribution < -0.4 is 9.47 Å². The molecule has 0 amide bonds. The van der Waals surface area contributed by atoms with Crippen molar-refractivity contribution < 1.29 is 41.0 Å². The number of esters is 1. The van der Waals surface area contributed by atoms with Crippen molar-refractivity contribution in [1.29, 1.82) is 0 Å². The Balaban J connectivity index is 1.45. The topological polar surface area (TPSA) is 102 Å². The Morgan fingerprint density at radius 2 is 1.98 bits per heavy atom. The minimum Gasteiger partial charge on any atom is -0.487 e. The Hall–Kier alpha value is -3.92. The molecule has 0 saturated heterocycles. The summed E-state index contributed by atoms with van der Waals surface area (Å²) in [6, 6.07) is 10.2. The number of carbonyl (C=O) groups excluding carboxylic acids is 1. The average molecular weight is 681 g/mol. The number of hydrogen-bond acceptors (Lipinski definition) is 9. The van der Waals surface area contributed by atoms with Crippen LogP contribution in [-0.4, -0.2) is 52.5 Å². The van der Waals surface area contributed by atoms with Gasteiger partial charge in [0.1, 0.15) is 43.7 Å². The Labute approximate surface area is 255 Å². The number of halogens is 5. The van der Waals surface area contributed by atoms with Gasteiger partial charge in [-0.25, -0.2) is 14.8 Å². The van der Waals surface area contributed by atoms with Gasteiger partial charge in [0, 0.05) is 18.1 Å². The number of aromatic nitrogens is 4. The van der Waals surface area contributed by atoms with Gasteiger partial charge in [0.2, 0.25) is 5.88 Å². The zero-order valence-corrected chi connectivity index (χ0v) is 25.0. The number of alkyl halides is 3. The number of benzene rings is 1. The number of thiophene rings is 1. The quantitative estimate of drug-likeness (QED) is 0.0970. The molecule has 0 spiro atoms. The van der Waals surface area contributed by atoms with Crippen molar-refractivity contribution in [3.8, 4) is 22.3 Å². The maximum Gasteiger partial charge on any atom is 0.408 e. The number of fused-ring (bicyclic) bond motifs is 1. The third kappa shape index (κ3) is 6.85. The van der Waals surface area contributed by atoms with Crippen molar-refractivity contribution in [2.75, 3.05) is 6.61 Å². The van der Waals surface area contributed by atoms with Crippen LogP contribution in [0, 0.1) is 6.01 Å². The maximum absolute atomic E-state index is 13.6. The van der Waals surface area contributed by atoms with Gasteiger partial charge in [-0.1, -0.05) is 18.2 Å². The molecule has 16 heteroatoms. The highest BCUT2D eigenvalue weighted by atomic mass is 79.9. The normalized spacial score (nSPS) is 13.2. The van der Waals surface area contributed by atoms with Crippen molar-refractivity contribution in [2.24, 2.45) is 0 Å². The van der Waals surface area contributed by atoms with Crippen molar-refractivity contribution in [3.63, 3.8) is 0 Å². The lowest BCUT2D eigenvalue weighted by molar-refractivity contribution is -0.151. The van der Waals surface area contributed by atoms with Crippen LogP contribution in [0.3, 0.4) is 0 Å². The van der Waals surface area contributed by atoms with Crippen LogP contribution in [0.1, 0.15) is 24.0 Å². The molecule has 4 heterocycles. The molecular formula is C27H22BBrF4N4O5S. The van der Waals surface area contributed by atoms with E-state index in [0.29, 0.717) is 30.9 Å². The second-order valence-corrected chi connectivity index (χ2v) is 11.0. The van der Waals surface area contributed by atoms with E-state index < -0.39 is 36.6 Å². The van der Waals surface area contributed by atoms with Crippen molar-refractivity contribution in [3.05, 3.63) is 76.7 Å². The van der Waals surface area contributed by atoms with E-state index in [1.807, 2.05) is 0 Å². The summed E-state index contributed by atoms with van der Waals surface area (Å²) >= 11 is 4.73. The van der Waals surface area contributed by atoms with Crippen LogP contribution >= 0.6 is 27.3 Å². The molecule has 0 fully saturated rings. The monoisotopic (exact) mass is 680 g/mol. The van der Waals surface area contributed by atoms with E-state index in [9.17, 15) is 22.4 Å². The highest BCUT2D eigenvalue weighted by Crippen LogP contribution is 2.45. The van der Waals surface area contributed by atoms with E-state index in [4.69, 9.17) is 18.6 Å². The molecule has 0 unspecified atom stereocenters. The molecule has 224 valence electrons. The summed E-state index contributed by atoms with van der Waals surface area (Å²) in [6.45, 7) is 0.295. The maximum atomic E-state index is 13.6. The molecule has 4 aromatic heterocycles. The first kappa shape index (κ1) is 30.5. The summed E-state index contributed by atoms with van der Waals surface area (Å²) in [6.07, 6.45) is -3.12. The van der Waals surface area contributed by atoms with Crippen LogP contribution in [0.2, 0.25) is 0 Å². The van der Waals surface area contributed by atoms with Gasteiger partial charge in [0.05, 0.1) is 27.0 Å². The molecule has 0 aliphatic carbocycles. The lowest BCUT2D eigenvalue weighted by Crippen LogP contribution is -2.36. The van der Waals surface area contributed by atoms with Crippen LogP contribution in [0.15, 0.2) is 63.9 Å². The van der Waals surface area contributed by atoms with Crippen LogP contribution in [-0.2, 0) is 22.7 Å². The zero-order chi connectivity index (χ0) is 30.7.